The molecule has 0 bridgehead atoms. The number of rotatable bonds is 5. The molecule has 0 saturated carbocycles. The number of benzene rings is 1. The van der Waals surface area contributed by atoms with Crippen LogP contribution in [0, 0.1) is 10.1 Å². The van der Waals surface area contributed by atoms with Crippen LogP contribution in [0.2, 0.25) is 0 Å². The number of carbonyl (C=O) groups excluding carboxylic acids is 1. The molecule has 2 aromatic rings. The zero-order chi connectivity index (χ0) is 17.5. The SMILES string of the molecule is CCOC(=O)c1ccc(NC(N)=Nc2ncccc2[N+](=O)[O-])cc1. The number of aromatic nitrogens is 1. The quantitative estimate of drug-likeness (QED) is 0.282. The summed E-state index contributed by atoms with van der Waals surface area (Å²) in [5.41, 5.74) is 6.45. The first-order valence-electron chi connectivity index (χ1n) is 6.99. The number of pyridine rings is 1. The highest BCUT2D eigenvalue weighted by atomic mass is 16.6. The van der Waals surface area contributed by atoms with Crippen LogP contribution in [0.3, 0.4) is 0 Å². The maximum Gasteiger partial charge on any atom is 0.338 e. The van der Waals surface area contributed by atoms with E-state index in [2.05, 4.69) is 15.3 Å². The van der Waals surface area contributed by atoms with Gasteiger partial charge in [-0.05, 0) is 37.3 Å². The molecule has 9 nitrogen and oxygen atoms in total. The number of nitrogens with two attached hydrogens (primary N) is 1. The predicted molar refractivity (Wildman–Crippen MR) is 88.2 cm³/mol. The molecule has 0 unspecified atom stereocenters. The van der Waals surface area contributed by atoms with Crippen LogP contribution in [0.25, 0.3) is 0 Å². The zero-order valence-corrected chi connectivity index (χ0v) is 12.8. The third kappa shape index (κ3) is 4.26. The normalized spacial score (nSPS) is 11.0. The van der Waals surface area contributed by atoms with Crippen molar-refractivity contribution >= 4 is 29.1 Å². The number of hydrogen-bond donors (Lipinski definition) is 2. The first-order chi connectivity index (χ1) is 11.5. The Bertz CT molecular complexity index is 774. The number of guanidine groups is 1. The maximum atomic E-state index is 11.6. The Morgan fingerprint density at radius 3 is 2.71 bits per heavy atom. The molecule has 0 aliphatic heterocycles. The van der Waals surface area contributed by atoms with Crippen molar-refractivity contribution in [1.82, 2.24) is 4.98 Å². The van der Waals surface area contributed by atoms with E-state index in [1.54, 1.807) is 31.2 Å². The summed E-state index contributed by atoms with van der Waals surface area (Å²) in [5.74, 6) is -0.592. The topological polar surface area (TPSA) is 133 Å². The standard InChI is InChI=1S/C15H15N5O4/c1-2-24-14(21)10-5-7-11(8-6-10)18-15(16)19-13-12(20(22)23)4-3-9-17-13/h3-9H,2H2,1H3,(H3,16,17,18,19). The van der Waals surface area contributed by atoms with Crippen molar-refractivity contribution in [2.45, 2.75) is 6.92 Å². The first kappa shape index (κ1) is 16.9. The molecule has 9 heteroatoms. The summed E-state index contributed by atoms with van der Waals surface area (Å²) < 4.78 is 4.88. The minimum atomic E-state index is -0.590. The number of aliphatic imine (C=N–C) groups is 1. The number of nitrogens with zero attached hydrogens (tertiary/aromatic N) is 3. The Morgan fingerprint density at radius 2 is 2.08 bits per heavy atom. The van der Waals surface area contributed by atoms with Gasteiger partial charge in [0.25, 0.3) is 0 Å². The van der Waals surface area contributed by atoms with Crippen LogP contribution in [0.1, 0.15) is 17.3 Å². The van der Waals surface area contributed by atoms with E-state index < -0.39 is 10.9 Å². The third-order valence-corrected chi connectivity index (χ3v) is 2.86. The lowest BCUT2D eigenvalue weighted by Crippen LogP contribution is -2.22. The Hall–Kier alpha value is -3.49. The number of nitro groups is 1. The summed E-state index contributed by atoms with van der Waals surface area (Å²) in [6.45, 7) is 2.02. The van der Waals surface area contributed by atoms with Gasteiger partial charge < -0.3 is 15.8 Å². The van der Waals surface area contributed by atoms with Crippen molar-refractivity contribution in [3.63, 3.8) is 0 Å². The third-order valence-electron chi connectivity index (χ3n) is 2.86. The summed E-state index contributed by atoms with van der Waals surface area (Å²) in [5, 5.41) is 13.7. The number of ether oxygens (including phenoxy) is 1. The minimum absolute atomic E-state index is 0.0688. The van der Waals surface area contributed by atoms with Crippen molar-refractivity contribution in [2.24, 2.45) is 10.7 Å². The van der Waals surface area contributed by atoms with Gasteiger partial charge in [-0.25, -0.2) is 9.78 Å². The molecule has 124 valence electrons. The summed E-state index contributed by atoms with van der Waals surface area (Å²) in [7, 11) is 0. The van der Waals surface area contributed by atoms with E-state index >= 15 is 0 Å². The summed E-state index contributed by atoms with van der Waals surface area (Å²) in [6.07, 6.45) is 1.38. The van der Waals surface area contributed by atoms with E-state index in [1.165, 1.54) is 18.3 Å². The van der Waals surface area contributed by atoms with E-state index in [0.29, 0.717) is 17.9 Å². The molecule has 1 aromatic heterocycles. The van der Waals surface area contributed by atoms with Gasteiger partial charge in [-0.3, -0.25) is 10.1 Å². The second-order valence-electron chi connectivity index (χ2n) is 4.52. The molecule has 0 amide bonds. The van der Waals surface area contributed by atoms with Crippen molar-refractivity contribution in [3.8, 4) is 0 Å². The second-order valence-corrected chi connectivity index (χ2v) is 4.52. The minimum Gasteiger partial charge on any atom is -0.462 e. The summed E-state index contributed by atoms with van der Waals surface area (Å²) in [6, 6.07) is 9.08. The molecule has 0 spiro atoms. The van der Waals surface area contributed by atoms with Gasteiger partial charge in [-0.15, -0.1) is 0 Å². The molecule has 0 saturated heterocycles. The smallest absolute Gasteiger partial charge is 0.338 e. The Morgan fingerprint density at radius 1 is 1.38 bits per heavy atom. The Balaban J connectivity index is 2.13. The summed E-state index contributed by atoms with van der Waals surface area (Å²) in [4.78, 5) is 29.6. The van der Waals surface area contributed by atoms with E-state index in [-0.39, 0.29) is 17.5 Å². The molecule has 3 N–H and O–H groups in total. The number of hydrogen-bond acceptors (Lipinski definition) is 6. The van der Waals surface area contributed by atoms with Gasteiger partial charge in [0.05, 0.1) is 17.1 Å². The highest BCUT2D eigenvalue weighted by Crippen LogP contribution is 2.23. The van der Waals surface area contributed by atoms with Crippen molar-refractivity contribution in [2.75, 3.05) is 11.9 Å². The lowest BCUT2D eigenvalue weighted by atomic mass is 10.2. The van der Waals surface area contributed by atoms with Crippen LogP contribution in [0.4, 0.5) is 17.2 Å². The van der Waals surface area contributed by atoms with Gasteiger partial charge in [0.15, 0.2) is 5.96 Å². The average Bonchev–Trinajstić information content (AvgIpc) is 2.56. The maximum absolute atomic E-state index is 11.6. The molecule has 0 aliphatic carbocycles. The molecular formula is C15H15N5O4. The molecule has 1 aromatic carbocycles. The van der Waals surface area contributed by atoms with Crippen molar-refractivity contribution in [1.29, 1.82) is 0 Å². The Kier molecular flexibility index (Phi) is 5.40. The fourth-order valence-corrected chi connectivity index (χ4v) is 1.81. The monoisotopic (exact) mass is 329 g/mol. The van der Waals surface area contributed by atoms with E-state index in [0.717, 1.165) is 0 Å². The lowest BCUT2D eigenvalue weighted by molar-refractivity contribution is -0.384. The second kappa shape index (κ2) is 7.68. The van der Waals surface area contributed by atoms with Gasteiger partial charge in [-0.2, -0.15) is 4.99 Å². The van der Waals surface area contributed by atoms with Gasteiger partial charge in [0.1, 0.15) is 0 Å². The highest BCUT2D eigenvalue weighted by molar-refractivity contribution is 5.95. The van der Waals surface area contributed by atoms with Crippen molar-refractivity contribution < 1.29 is 14.5 Å². The zero-order valence-electron chi connectivity index (χ0n) is 12.8. The number of anilines is 1. The fourth-order valence-electron chi connectivity index (χ4n) is 1.81. The van der Waals surface area contributed by atoms with Crippen LogP contribution in [-0.2, 0) is 4.74 Å². The average molecular weight is 329 g/mol. The van der Waals surface area contributed by atoms with Gasteiger partial charge in [-0.1, -0.05) is 0 Å². The molecule has 2 rings (SSSR count). The van der Waals surface area contributed by atoms with Crippen LogP contribution in [0.5, 0.6) is 0 Å². The van der Waals surface area contributed by atoms with Crippen LogP contribution < -0.4 is 11.1 Å². The van der Waals surface area contributed by atoms with E-state index in [4.69, 9.17) is 10.5 Å². The largest absolute Gasteiger partial charge is 0.462 e. The molecule has 0 fully saturated rings. The van der Waals surface area contributed by atoms with Gasteiger partial charge >= 0.3 is 11.7 Å². The van der Waals surface area contributed by atoms with Gasteiger partial charge in [0.2, 0.25) is 5.82 Å². The highest BCUT2D eigenvalue weighted by Gasteiger charge is 2.13. The fraction of sp³-hybridized carbons (Fsp3) is 0.133. The molecule has 0 radical (unpaired) electrons. The van der Waals surface area contributed by atoms with Crippen LogP contribution in [0.15, 0.2) is 47.6 Å². The number of esters is 1. The molecular weight excluding hydrogens is 314 g/mol. The number of nitrogens with one attached hydrogen (secondary N) is 1. The number of carbonyl (C=O) groups is 1. The van der Waals surface area contributed by atoms with Crippen LogP contribution >= 0.6 is 0 Å². The van der Waals surface area contributed by atoms with E-state index in [1.807, 2.05) is 0 Å². The summed E-state index contributed by atoms with van der Waals surface area (Å²) >= 11 is 0. The van der Waals surface area contributed by atoms with E-state index in [9.17, 15) is 14.9 Å². The van der Waals surface area contributed by atoms with Gasteiger partial charge in [0, 0.05) is 18.0 Å². The lowest BCUT2D eigenvalue weighted by Gasteiger charge is -2.06. The molecule has 24 heavy (non-hydrogen) atoms. The molecule has 0 atom stereocenters. The Labute approximate surface area is 137 Å². The van der Waals surface area contributed by atoms with Crippen LogP contribution in [-0.4, -0.2) is 28.4 Å². The molecule has 0 aliphatic rings. The predicted octanol–water partition coefficient (Wildman–Crippen LogP) is 2.22. The van der Waals surface area contributed by atoms with Crippen molar-refractivity contribution in [3.05, 3.63) is 58.3 Å². The first-order valence-corrected chi connectivity index (χ1v) is 6.99. The molecule has 1 heterocycles.